The monoisotopic (exact) mass is 473 g/mol. The van der Waals surface area contributed by atoms with Gasteiger partial charge >= 0.3 is 11.7 Å². The molecule has 1 aromatic heterocycles. The smallest absolute Gasteiger partial charge is 0.329 e. The van der Waals surface area contributed by atoms with Gasteiger partial charge < -0.3 is 14.8 Å². The van der Waals surface area contributed by atoms with E-state index in [0.29, 0.717) is 23.5 Å². The van der Waals surface area contributed by atoms with E-state index in [9.17, 15) is 14.4 Å². The first-order chi connectivity index (χ1) is 17.0. The average molecular weight is 474 g/mol. The number of esters is 1. The zero-order valence-electron chi connectivity index (χ0n) is 19.6. The third-order valence-electron chi connectivity index (χ3n) is 5.71. The number of methoxy groups -OCH3 is 1. The number of carbonyl (C=O) groups excluding carboxylic acids is 2. The van der Waals surface area contributed by atoms with Crippen LogP contribution in [0.25, 0.3) is 11.0 Å². The summed E-state index contributed by atoms with van der Waals surface area (Å²) in [5.41, 5.74) is 2.44. The van der Waals surface area contributed by atoms with Crippen molar-refractivity contribution >= 4 is 28.6 Å². The molecule has 1 atom stereocenters. The largest absolute Gasteiger partial charge is 0.497 e. The molecule has 8 nitrogen and oxygen atoms in total. The second-order valence-electron chi connectivity index (χ2n) is 7.92. The molecule has 1 unspecified atom stereocenters. The number of nitrogens with zero attached hydrogens (tertiary/aromatic N) is 2. The van der Waals surface area contributed by atoms with Gasteiger partial charge in [-0.1, -0.05) is 48.5 Å². The fourth-order valence-electron chi connectivity index (χ4n) is 4.00. The minimum atomic E-state index is -1.15. The highest BCUT2D eigenvalue weighted by Crippen LogP contribution is 2.23. The van der Waals surface area contributed by atoms with Crippen molar-refractivity contribution < 1.29 is 19.1 Å². The first kappa shape index (κ1) is 23.8. The van der Waals surface area contributed by atoms with Crippen molar-refractivity contribution in [2.45, 2.75) is 32.5 Å². The van der Waals surface area contributed by atoms with Gasteiger partial charge in [0.25, 0.3) is 5.91 Å². The second kappa shape index (κ2) is 10.7. The zero-order valence-corrected chi connectivity index (χ0v) is 19.6. The normalized spacial score (nSPS) is 11.7. The van der Waals surface area contributed by atoms with Gasteiger partial charge in [0.2, 0.25) is 6.10 Å². The number of aromatic nitrogens is 2. The van der Waals surface area contributed by atoms with E-state index in [2.05, 4.69) is 5.32 Å². The minimum absolute atomic E-state index is 0.0621. The van der Waals surface area contributed by atoms with E-state index in [1.165, 1.54) is 0 Å². The molecular weight excluding hydrogens is 446 g/mol. The molecule has 3 aromatic carbocycles. The second-order valence-corrected chi connectivity index (χ2v) is 7.92. The van der Waals surface area contributed by atoms with E-state index in [-0.39, 0.29) is 18.7 Å². The van der Waals surface area contributed by atoms with E-state index in [1.54, 1.807) is 64.8 Å². The van der Waals surface area contributed by atoms with Crippen molar-refractivity contribution in [1.29, 1.82) is 0 Å². The Bertz CT molecular complexity index is 1390. The van der Waals surface area contributed by atoms with Gasteiger partial charge in [0, 0.05) is 30.4 Å². The van der Waals surface area contributed by atoms with Gasteiger partial charge in [-0.25, -0.2) is 4.79 Å². The van der Waals surface area contributed by atoms with Crippen molar-refractivity contribution in [1.82, 2.24) is 9.13 Å². The molecule has 0 fully saturated rings. The summed E-state index contributed by atoms with van der Waals surface area (Å²) in [6.07, 6.45) is -1.21. The highest BCUT2D eigenvalue weighted by molar-refractivity contribution is 5.96. The summed E-state index contributed by atoms with van der Waals surface area (Å²) in [6, 6.07) is 23.2. The van der Waals surface area contributed by atoms with E-state index in [4.69, 9.17) is 9.47 Å². The number of rotatable bonds is 9. The molecule has 0 radical (unpaired) electrons. The van der Waals surface area contributed by atoms with E-state index >= 15 is 0 Å². The quantitative estimate of drug-likeness (QED) is 0.369. The van der Waals surface area contributed by atoms with Crippen molar-refractivity contribution in [2.24, 2.45) is 0 Å². The standard InChI is InChI=1S/C27H27N3O5/c1-3-29-22-14-7-8-15-23(22)30(27(29)33)17-16-24(31)35-25(19-10-5-4-6-11-19)26(32)28-20-12-9-13-21(18-20)34-2/h4-15,18,25H,3,16-17H2,1-2H3,(H,28,32). The van der Waals surface area contributed by atoms with Crippen LogP contribution in [0.15, 0.2) is 83.7 Å². The summed E-state index contributed by atoms with van der Waals surface area (Å²) in [6.45, 7) is 2.57. The molecule has 1 amide bonds. The van der Waals surface area contributed by atoms with Crippen LogP contribution >= 0.6 is 0 Å². The maximum absolute atomic E-state index is 13.1. The molecule has 1 N–H and O–H groups in total. The van der Waals surface area contributed by atoms with Gasteiger partial charge in [-0.3, -0.25) is 18.7 Å². The van der Waals surface area contributed by atoms with E-state index < -0.39 is 18.0 Å². The highest BCUT2D eigenvalue weighted by Gasteiger charge is 2.25. The number of hydrogen-bond donors (Lipinski definition) is 1. The number of anilines is 1. The van der Waals surface area contributed by atoms with Crippen molar-refractivity contribution in [3.63, 3.8) is 0 Å². The number of benzene rings is 3. The predicted molar refractivity (Wildman–Crippen MR) is 133 cm³/mol. The van der Waals surface area contributed by atoms with Gasteiger partial charge in [0.15, 0.2) is 0 Å². The number of nitrogens with one attached hydrogen (secondary N) is 1. The van der Waals surface area contributed by atoms with Gasteiger partial charge in [-0.15, -0.1) is 0 Å². The first-order valence-corrected chi connectivity index (χ1v) is 11.4. The fourth-order valence-corrected chi connectivity index (χ4v) is 4.00. The lowest BCUT2D eigenvalue weighted by atomic mass is 10.1. The summed E-state index contributed by atoms with van der Waals surface area (Å²) in [5, 5.41) is 2.78. The Labute approximate surface area is 202 Å². The summed E-state index contributed by atoms with van der Waals surface area (Å²) < 4.78 is 14.1. The number of carbonyl (C=O) groups is 2. The molecule has 180 valence electrons. The lowest BCUT2D eigenvalue weighted by Crippen LogP contribution is -2.28. The Morgan fingerprint density at radius 1 is 0.914 bits per heavy atom. The Hall–Kier alpha value is -4.33. The lowest BCUT2D eigenvalue weighted by Gasteiger charge is -2.18. The molecule has 1 heterocycles. The molecule has 4 rings (SSSR count). The van der Waals surface area contributed by atoms with Crippen LogP contribution < -0.4 is 15.7 Å². The van der Waals surface area contributed by atoms with Crippen LogP contribution in [0.5, 0.6) is 5.75 Å². The molecule has 4 aromatic rings. The zero-order chi connectivity index (χ0) is 24.8. The number of hydrogen-bond acceptors (Lipinski definition) is 5. The fraction of sp³-hybridized carbons (Fsp3) is 0.222. The molecular formula is C27H27N3O5. The number of fused-ring (bicyclic) bond motifs is 1. The number of para-hydroxylation sites is 2. The van der Waals surface area contributed by atoms with Crippen molar-refractivity contribution in [3.05, 3.63) is 94.9 Å². The molecule has 0 saturated carbocycles. The maximum Gasteiger partial charge on any atom is 0.329 e. The van der Waals surface area contributed by atoms with Gasteiger partial charge in [0.1, 0.15) is 5.75 Å². The molecule has 0 bridgehead atoms. The third-order valence-corrected chi connectivity index (χ3v) is 5.71. The number of imidazole rings is 1. The van der Waals surface area contributed by atoms with Crippen molar-refractivity contribution in [3.8, 4) is 5.75 Å². The van der Waals surface area contributed by atoms with Crippen LogP contribution in [-0.2, 0) is 27.4 Å². The summed E-state index contributed by atoms with van der Waals surface area (Å²) >= 11 is 0. The van der Waals surface area contributed by atoms with Crippen LogP contribution in [0.1, 0.15) is 25.0 Å². The number of aryl methyl sites for hydroxylation is 2. The van der Waals surface area contributed by atoms with E-state index in [1.807, 2.05) is 37.3 Å². The molecule has 0 aliphatic rings. The Kier molecular flexibility index (Phi) is 7.30. The Morgan fingerprint density at radius 3 is 2.29 bits per heavy atom. The first-order valence-electron chi connectivity index (χ1n) is 11.4. The minimum Gasteiger partial charge on any atom is -0.497 e. The molecule has 0 saturated heterocycles. The Balaban J connectivity index is 1.51. The van der Waals surface area contributed by atoms with Crippen LogP contribution in [0.3, 0.4) is 0 Å². The SMILES string of the molecule is CCn1c(=O)n(CCC(=O)OC(C(=O)Nc2cccc(OC)c2)c2ccccc2)c2ccccc21. The molecule has 8 heteroatoms. The number of amides is 1. The summed E-state index contributed by atoms with van der Waals surface area (Å²) in [4.78, 5) is 38.8. The topological polar surface area (TPSA) is 91.6 Å². The average Bonchev–Trinajstić information content (AvgIpc) is 3.16. The lowest BCUT2D eigenvalue weighted by molar-refractivity contribution is -0.155. The third kappa shape index (κ3) is 5.27. The van der Waals surface area contributed by atoms with Crippen LogP contribution in [0.4, 0.5) is 5.69 Å². The van der Waals surface area contributed by atoms with Crippen LogP contribution in [0.2, 0.25) is 0 Å². The van der Waals surface area contributed by atoms with Crippen molar-refractivity contribution in [2.75, 3.05) is 12.4 Å². The molecule has 0 aliphatic carbocycles. The summed E-state index contributed by atoms with van der Waals surface area (Å²) in [5.74, 6) is -0.481. The Morgan fingerprint density at radius 2 is 1.60 bits per heavy atom. The molecule has 0 aliphatic heterocycles. The van der Waals surface area contributed by atoms with Crippen LogP contribution in [-0.4, -0.2) is 28.1 Å². The highest BCUT2D eigenvalue weighted by atomic mass is 16.5. The van der Waals surface area contributed by atoms with Gasteiger partial charge in [0.05, 0.1) is 24.6 Å². The van der Waals surface area contributed by atoms with Gasteiger partial charge in [-0.05, 0) is 31.2 Å². The molecule has 0 spiro atoms. The molecule has 35 heavy (non-hydrogen) atoms. The predicted octanol–water partition coefficient (Wildman–Crippen LogP) is 4.14. The number of ether oxygens (including phenoxy) is 2. The maximum atomic E-state index is 13.1. The summed E-state index contributed by atoms with van der Waals surface area (Å²) in [7, 11) is 1.54. The van der Waals surface area contributed by atoms with E-state index in [0.717, 1.165) is 11.0 Å². The van der Waals surface area contributed by atoms with Gasteiger partial charge in [-0.2, -0.15) is 0 Å². The van der Waals surface area contributed by atoms with Crippen LogP contribution in [0, 0.1) is 0 Å².